The van der Waals surface area contributed by atoms with E-state index in [2.05, 4.69) is 5.32 Å². The van der Waals surface area contributed by atoms with Gasteiger partial charge in [0, 0.05) is 18.3 Å². The Balaban J connectivity index is 1.78. The molecule has 2 aromatic rings. The van der Waals surface area contributed by atoms with E-state index >= 15 is 0 Å². The number of esters is 1. The fourth-order valence-electron chi connectivity index (χ4n) is 3.76. The highest BCUT2D eigenvalue weighted by Gasteiger charge is 2.34. The molecule has 1 saturated heterocycles. The predicted octanol–water partition coefficient (Wildman–Crippen LogP) is 3.89. The minimum atomic E-state index is -3.92. The molecule has 0 aromatic heterocycles. The lowest BCUT2D eigenvalue weighted by Crippen LogP contribution is -2.42. The molecule has 34 heavy (non-hydrogen) atoms. The second kappa shape index (κ2) is 10.5. The summed E-state index contributed by atoms with van der Waals surface area (Å²) in [5, 5.41) is 2.49. The SMILES string of the molecule is COc1ccc(C(=O)O[C@@H](C)C(=O)Nc2ccc(C)c(F)c2)cc1S(=O)(=O)N1CCCC[C@@H]1C. The summed E-state index contributed by atoms with van der Waals surface area (Å²) in [5.41, 5.74) is 0.622. The van der Waals surface area contributed by atoms with E-state index in [-0.39, 0.29) is 27.9 Å². The highest BCUT2D eigenvalue weighted by atomic mass is 32.2. The molecule has 0 radical (unpaired) electrons. The third-order valence-corrected chi connectivity index (χ3v) is 7.86. The zero-order valence-electron chi connectivity index (χ0n) is 19.6. The van der Waals surface area contributed by atoms with Crippen LogP contribution in [0.5, 0.6) is 5.75 Å². The molecule has 2 atom stereocenters. The molecular formula is C24H29FN2O6S. The van der Waals surface area contributed by atoms with Gasteiger partial charge in [-0.3, -0.25) is 4.79 Å². The molecule has 1 heterocycles. The van der Waals surface area contributed by atoms with Gasteiger partial charge in [-0.25, -0.2) is 17.6 Å². The van der Waals surface area contributed by atoms with E-state index in [1.54, 1.807) is 6.92 Å². The predicted molar refractivity (Wildman–Crippen MR) is 125 cm³/mol. The van der Waals surface area contributed by atoms with Gasteiger partial charge in [-0.2, -0.15) is 4.31 Å². The summed E-state index contributed by atoms with van der Waals surface area (Å²) in [5.74, 6) is -1.89. The number of ether oxygens (including phenoxy) is 2. The number of aryl methyl sites for hydroxylation is 1. The zero-order valence-corrected chi connectivity index (χ0v) is 20.4. The number of nitrogens with one attached hydrogen (secondary N) is 1. The number of amides is 1. The summed E-state index contributed by atoms with van der Waals surface area (Å²) in [7, 11) is -2.56. The van der Waals surface area contributed by atoms with Crippen LogP contribution in [0, 0.1) is 12.7 Å². The van der Waals surface area contributed by atoms with Crippen molar-refractivity contribution in [2.45, 2.75) is 57.1 Å². The Bertz CT molecular complexity index is 1180. The van der Waals surface area contributed by atoms with Gasteiger partial charge in [0.05, 0.1) is 12.7 Å². The summed E-state index contributed by atoms with van der Waals surface area (Å²) >= 11 is 0. The van der Waals surface area contributed by atoms with Crippen molar-refractivity contribution in [1.82, 2.24) is 4.31 Å². The van der Waals surface area contributed by atoms with Crippen molar-refractivity contribution in [3.63, 3.8) is 0 Å². The minimum Gasteiger partial charge on any atom is -0.495 e. The Labute approximate surface area is 199 Å². The van der Waals surface area contributed by atoms with Crippen LogP contribution in [0.15, 0.2) is 41.3 Å². The molecule has 184 valence electrons. The molecule has 1 aliphatic heterocycles. The normalized spacial score (nSPS) is 17.6. The summed E-state index contributed by atoms with van der Waals surface area (Å²) in [6.45, 7) is 5.20. The van der Waals surface area contributed by atoms with E-state index in [4.69, 9.17) is 9.47 Å². The summed E-state index contributed by atoms with van der Waals surface area (Å²) in [6.07, 6.45) is 1.25. The van der Waals surface area contributed by atoms with Gasteiger partial charge >= 0.3 is 5.97 Å². The van der Waals surface area contributed by atoms with Crippen molar-refractivity contribution in [3.8, 4) is 5.75 Å². The van der Waals surface area contributed by atoms with Crippen LogP contribution in [0.25, 0.3) is 0 Å². The molecule has 2 aromatic carbocycles. The van der Waals surface area contributed by atoms with E-state index < -0.39 is 33.8 Å². The van der Waals surface area contributed by atoms with Gasteiger partial charge in [0.1, 0.15) is 16.5 Å². The van der Waals surface area contributed by atoms with Crippen molar-refractivity contribution in [2.75, 3.05) is 19.0 Å². The molecule has 8 nitrogen and oxygen atoms in total. The van der Waals surface area contributed by atoms with Crippen LogP contribution in [-0.4, -0.2) is 50.4 Å². The molecule has 0 spiro atoms. The number of nitrogens with zero attached hydrogens (tertiary/aromatic N) is 1. The number of sulfonamides is 1. The maximum absolute atomic E-state index is 13.7. The van der Waals surface area contributed by atoms with Crippen LogP contribution in [0.2, 0.25) is 0 Å². The van der Waals surface area contributed by atoms with Crippen LogP contribution in [0.1, 0.15) is 49.0 Å². The second-order valence-corrected chi connectivity index (χ2v) is 10.2. The second-order valence-electron chi connectivity index (χ2n) is 8.33. The van der Waals surface area contributed by atoms with E-state index in [9.17, 15) is 22.4 Å². The number of benzene rings is 2. The average molecular weight is 493 g/mol. The number of rotatable bonds is 7. The highest BCUT2D eigenvalue weighted by molar-refractivity contribution is 7.89. The monoisotopic (exact) mass is 492 g/mol. The summed E-state index contributed by atoms with van der Waals surface area (Å²) < 4.78 is 52.3. The number of hydrogen-bond donors (Lipinski definition) is 1. The van der Waals surface area contributed by atoms with Gasteiger partial charge in [0.2, 0.25) is 10.0 Å². The van der Waals surface area contributed by atoms with E-state index in [1.165, 1.54) is 54.7 Å². The van der Waals surface area contributed by atoms with Crippen LogP contribution in [-0.2, 0) is 19.6 Å². The standard InChI is InChI=1S/C24H29FN2O6S/c1-15-8-10-19(14-20(15)25)26-23(28)17(3)33-24(29)18-9-11-21(32-4)22(13-18)34(30,31)27-12-6-5-7-16(27)2/h8-11,13-14,16-17H,5-7,12H2,1-4H3,(H,26,28)/t16-,17-/m0/s1. The molecule has 0 aliphatic carbocycles. The first kappa shape index (κ1) is 25.6. The fourth-order valence-corrected chi connectivity index (χ4v) is 5.64. The molecule has 1 amide bonds. The quantitative estimate of drug-likeness (QED) is 0.589. The third kappa shape index (κ3) is 5.56. The number of anilines is 1. The van der Waals surface area contributed by atoms with Crippen LogP contribution in [0.4, 0.5) is 10.1 Å². The topological polar surface area (TPSA) is 102 Å². The van der Waals surface area contributed by atoms with Crippen molar-refractivity contribution >= 4 is 27.6 Å². The summed E-state index contributed by atoms with van der Waals surface area (Å²) in [4.78, 5) is 25.0. The lowest BCUT2D eigenvalue weighted by molar-refractivity contribution is -0.123. The van der Waals surface area contributed by atoms with Crippen molar-refractivity contribution < 1.29 is 31.9 Å². The zero-order chi connectivity index (χ0) is 25.0. The Hall–Kier alpha value is -2.98. The van der Waals surface area contributed by atoms with Crippen molar-refractivity contribution in [2.24, 2.45) is 0 Å². The number of piperidine rings is 1. The van der Waals surface area contributed by atoms with E-state index in [0.717, 1.165) is 19.3 Å². The van der Waals surface area contributed by atoms with Gasteiger partial charge in [0.25, 0.3) is 5.91 Å². The number of hydrogen-bond acceptors (Lipinski definition) is 6. The molecule has 0 unspecified atom stereocenters. The third-order valence-electron chi connectivity index (χ3n) is 5.82. The lowest BCUT2D eigenvalue weighted by atomic mass is 10.1. The molecule has 1 fully saturated rings. The van der Waals surface area contributed by atoms with Crippen LogP contribution in [0.3, 0.4) is 0 Å². The van der Waals surface area contributed by atoms with Crippen molar-refractivity contribution in [3.05, 3.63) is 53.3 Å². The Morgan fingerprint density at radius 2 is 1.91 bits per heavy atom. The van der Waals surface area contributed by atoms with Gasteiger partial charge < -0.3 is 14.8 Å². The number of carbonyl (C=O) groups excluding carboxylic acids is 2. The molecule has 1 N–H and O–H groups in total. The molecule has 3 rings (SSSR count). The number of methoxy groups -OCH3 is 1. The Morgan fingerprint density at radius 3 is 2.56 bits per heavy atom. The molecular weight excluding hydrogens is 463 g/mol. The maximum Gasteiger partial charge on any atom is 0.338 e. The highest BCUT2D eigenvalue weighted by Crippen LogP contribution is 2.32. The van der Waals surface area contributed by atoms with Gasteiger partial charge in [0.15, 0.2) is 6.10 Å². The van der Waals surface area contributed by atoms with Gasteiger partial charge in [-0.05, 0) is 69.5 Å². The lowest BCUT2D eigenvalue weighted by Gasteiger charge is -2.32. The van der Waals surface area contributed by atoms with Gasteiger partial charge in [-0.1, -0.05) is 12.5 Å². The Morgan fingerprint density at radius 1 is 1.18 bits per heavy atom. The first-order chi connectivity index (χ1) is 16.0. The fraction of sp³-hybridized carbons (Fsp3) is 0.417. The molecule has 1 aliphatic rings. The largest absolute Gasteiger partial charge is 0.495 e. The molecule has 0 bridgehead atoms. The first-order valence-corrected chi connectivity index (χ1v) is 12.5. The van der Waals surface area contributed by atoms with E-state index in [1.807, 2.05) is 6.92 Å². The summed E-state index contributed by atoms with van der Waals surface area (Å²) in [6, 6.07) is 8.02. The minimum absolute atomic E-state index is 0.0370. The molecule has 0 saturated carbocycles. The number of carbonyl (C=O) groups is 2. The number of halogens is 1. The smallest absolute Gasteiger partial charge is 0.338 e. The molecule has 10 heteroatoms. The van der Waals surface area contributed by atoms with E-state index in [0.29, 0.717) is 12.1 Å². The Kier molecular flexibility index (Phi) is 7.93. The van der Waals surface area contributed by atoms with Crippen molar-refractivity contribution in [1.29, 1.82) is 0 Å². The van der Waals surface area contributed by atoms with Gasteiger partial charge in [-0.15, -0.1) is 0 Å². The first-order valence-electron chi connectivity index (χ1n) is 11.0. The van der Waals surface area contributed by atoms with Crippen LogP contribution < -0.4 is 10.1 Å². The van der Waals surface area contributed by atoms with Crippen LogP contribution >= 0.6 is 0 Å². The maximum atomic E-state index is 13.7. The average Bonchev–Trinajstić information content (AvgIpc) is 2.81.